The summed E-state index contributed by atoms with van der Waals surface area (Å²) in [5.41, 5.74) is 1.03. The Labute approximate surface area is 221 Å². The van der Waals surface area contributed by atoms with Crippen LogP contribution in [0.3, 0.4) is 0 Å². The van der Waals surface area contributed by atoms with Crippen molar-refractivity contribution in [2.45, 2.75) is 84.5 Å². The Morgan fingerprint density at radius 1 is 0.842 bits per heavy atom. The lowest BCUT2D eigenvalue weighted by molar-refractivity contribution is -0.272. The monoisotopic (exact) mass is 537 g/mol. The van der Waals surface area contributed by atoms with Crippen LogP contribution in [0.1, 0.15) is 54.0 Å². The van der Waals surface area contributed by atoms with Gasteiger partial charge in [-0.2, -0.15) is 0 Å². The van der Waals surface area contributed by atoms with E-state index in [2.05, 4.69) is 26.1 Å². The maximum absolute atomic E-state index is 12.7. The van der Waals surface area contributed by atoms with Crippen LogP contribution in [0.5, 0.6) is 5.75 Å². The van der Waals surface area contributed by atoms with Gasteiger partial charge in [0.25, 0.3) is 0 Å². The van der Waals surface area contributed by atoms with Crippen LogP contribution in [0.25, 0.3) is 0 Å². The zero-order valence-corrected chi connectivity index (χ0v) is 22.6. The third kappa shape index (κ3) is 9.33. The minimum Gasteiger partial charge on any atom is -0.482 e. The van der Waals surface area contributed by atoms with E-state index in [-0.39, 0.29) is 5.41 Å². The van der Waals surface area contributed by atoms with E-state index in [9.17, 15) is 24.0 Å². The lowest BCUT2D eigenvalue weighted by Crippen LogP contribution is -2.66. The topological polar surface area (TPSA) is 153 Å². The summed E-state index contributed by atoms with van der Waals surface area (Å²) >= 11 is 0. The van der Waals surface area contributed by atoms with Crippen LogP contribution in [0.4, 0.5) is 0 Å². The molecule has 1 aromatic carbocycles. The van der Waals surface area contributed by atoms with Gasteiger partial charge in [0, 0.05) is 27.7 Å². The molecule has 1 fully saturated rings. The molecule has 5 atom stereocenters. The minimum absolute atomic E-state index is 0.0560. The molecule has 1 heterocycles. The van der Waals surface area contributed by atoms with Crippen molar-refractivity contribution in [2.75, 3.05) is 13.2 Å². The number of nitrogens with one attached hydrogen (secondary N) is 1. The van der Waals surface area contributed by atoms with E-state index in [0.717, 1.165) is 26.3 Å². The largest absolute Gasteiger partial charge is 0.482 e. The Bertz CT molecular complexity index is 1020. The van der Waals surface area contributed by atoms with Gasteiger partial charge in [0.2, 0.25) is 12.2 Å². The van der Waals surface area contributed by atoms with Crippen LogP contribution in [0.2, 0.25) is 0 Å². The van der Waals surface area contributed by atoms with Gasteiger partial charge in [-0.1, -0.05) is 32.9 Å². The first kappa shape index (κ1) is 30.6. The van der Waals surface area contributed by atoms with Gasteiger partial charge in [-0.25, -0.2) is 4.79 Å². The Kier molecular flexibility index (Phi) is 10.6. The summed E-state index contributed by atoms with van der Waals surface area (Å²) in [5.74, 6) is -3.15. The van der Waals surface area contributed by atoms with E-state index in [1.165, 1.54) is 6.92 Å². The molecular weight excluding hydrogens is 502 g/mol. The van der Waals surface area contributed by atoms with Crippen LogP contribution in [0.15, 0.2) is 24.3 Å². The quantitative estimate of drug-likeness (QED) is 0.361. The van der Waals surface area contributed by atoms with Crippen molar-refractivity contribution < 1.29 is 52.4 Å². The fraction of sp³-hybridized carbons (Fsp3) is 0.577. The summed E-state index contributed by atoms with van der Waals surface area (Å²) in [7, 11) is 0. The van der Waals surface area contributed by atoms with Gasteiger partial charge in [-0.05, 0) is 23.1 Å². The van der Waals surface area contributed by atoms with Gasteiger partial charge in [0.05, 0.1) is 0 Å². The second kappa shape index (κ2) is 13.2. The van der Waals surface area contributed by atoms with Gasteiger partial charge < -0.3 is 33.7 Å². The van der Waals surface area contributed by atoms with Gasteiger partial charge in [-0.3, -0.25) is 19.2 Å². The maximum atomic E-state index is 12.7. The van der Waals surface area contributed by atoms with E-state index in [4.69, 9.17) is 28.4 Å². The molecule has 0 radical (unpaired) electrons. The normalized spacial score (nSPS) is 23.0. The van der Waals surface area contributed by atoms with E-state index >= 15 is 0 Å². The van der Waals surface area contributed by atoms with E-state index in [1.807, 2.05) is 12.1 Å². The summed E-state index contributed by atoms with van der Waals surface area (Å²) in [6, 6.07) is 5.96. The average molecular weight is 538 g/mol. The van der Waals surface area contributed by atoms with Crippen LogP contribution in [-0.4, -0.2) is 73.6 Å². The molecule has 0 saturated carbocycles. The zero-order valence-electron chi connectivity index (χ0n) is 22.6. The average Bonchev–Trinajstić information content (AvgIpc) is 2.79. The highest BCUT2D eigenvalue weighted by Gasteiger charge is 2.52. The number of benzene rings is 1. The molecule has 0 spiro atoms. The number of amides is 1. The van der Waals surface area contributed by atoms with Crippen molar-refractivity contribution in [3.8, 4) is 5.75 Å². The molecule has 1 aliphatic rings. The lowest BCUT2D eigenvalue weighted by Gasteiger charge is -2.44. The molecule has 1 saturated heterocycles. The predicted molar refractivity (Wildman–Crippen MR) is 131 cm³/mol. The molecule has 1 aromatic rings. The van der Waals surface area contributed by atoms with E-state index in [0.29, 0.717) is 5.75 Å². The molecule has 0 bridgehead atoms. The van der Waals surface area contributed by atoms with Crippen molar-refractivity contribution in [2.24, 2.45) is 0 Å². The third-order valence-corrected chi connectivity index (χ3v) is 5.40. The summed E-state index contributed by atoms with van der Waals surface area (Å²) in [6.45, 7) is 9.89. The highest BCUT2D eigenvalue weighted by Crippen LogP contribution is 2.28. The Morgan fingerprint density at radius 3 is 1.92 bits per heavy atom. The van der Waals surface area contributed by atoms with Crippen molar-refractivity contribution in [3.63, 3.8) is 0 Å². The summed E-state index contributed by atoms with van der Waals surface area (Å²) in [6.07, 6.45) is -5.32. The SMILES string of the molecule is CC(=O)NC1C(OC(=O)COc2ccc(C(C)(C)C)cc2)OC(COC(C)=O)C(OC(C)=O)C1OC(C)=O. The predicted octanol–water partition coefficient (Wildman–Crippen LogP) is 1.56. The summed E-state index contributed by atoms with van der Waals surface area (Å²) in [5, 5.41) is 2.52. The van der Waals surface area contributed by atoms with Crippen LogP contribution >= 0.6 is 0 Å². The van der Waals surface area contributed by atoms with E-state index in [1.54, 1.807) is 12.1 Å². The van der Waals surface area contributed by atoms with Crippen molar-refractivity contribution in [1.82, 2.24) is 5.32 Å². The number of hydrogen-bond acceptors (Lipinski definition) is 11. The van der Waals surface area contributed by atoms with Crippen molar-refractivity contribution in [1.29, 1.82) is 0 Å². The van der Waals surface area contributed by atoms with Gasteiger partial charge >= 0.3 is 23.9 Å². The Balaban J connectivity index is 2.25. The number of hydrogen-bond donors (Lipinski definition) is 1. The fourth-order valence-electron chi connectivity index (χ4n) is 3.75. The van der Waals surface area contributed by atoms with Gasteiger partial charge in [-0.15, -0.1) is 0 Å². The smallest absolute Gasteiger partial charge is 0.346 e. The molecule has 0 aromatic heterocycles. The summed E-state index contributed by atoms with van der Waals surface area (Å²) < 4.78 is 32.4. The minimum atomic E-state index is -1.50. The molecule has 210 valence electrons. The first-order valence-corrected chi connectivity index (χ1v) is 12.0. The van der Waals surface area contributed by atoms with Crippen LogP contribution in [-0.2, 0) is 53.1 Å². The van der Waals surface area contributed by atoms with Crippen LogP contribution in [0, 0.1) is 0 Å². The maximum Gasteiger partial charge on any atom is 0.346 e. The standard InChI is InChI=1S/C26H35NO11/c1-14(28)27-22-24(36-17(4)31)23(35-16(3)30)20(12-33-15(2)29)37-25(22)38-21(32)13-34-19-10-8-18(9-11-19)26(5,6)7/h8-11,20,22-25H,12-13H2,1-7H3,(H,27,28). The molecule has 12 nitrogen and oxygen atoms in total. The first-order chi connectivity index (χ1) is 17.7. The van der Waals surface area contributed by atoms with Crippen molar-refractivity contribution >= 4 is 29.8 Å². The fourth-order valence-corrected chi connectivity index (χ4v) is 3.75. The molecule has 2 rings (SSSR count). The molecule has 5 unspecified atom stereocenters. The molecule has 1 N–H and O–H groups in total. The summed E-state index contributed by atoms with van der Waals surface area (Å²) in [4.78, 5) is 59.7. The number of carbonyl (C=O) groups excluding carboxylic acids is 5. The molecule has 1 amide bonds. The number of ether oxygens (including phenoxy) is 6. The zero-order chi connectivity index (χ0) is 28.6. The first-order valence-electron chi connectivity index (χ1n) is 12.0. The molecule has 12 heteroatoms. The Morgan fingerprint density at radius 2 is 1.42 bits per heavy atom. The Hall–Kier alpha value is -3.67. The molecule has 0 aliphatic carbocycles. The molecular formula is C26H35NO11. The second-order valence-corrected chi connectivity index (χ2v) is 9.77. The highest BCUT2D eigenvalue weighted by atomic mass is 16.7. The molecule has 38 heavy (non-hydrogen) atoms. The lowest BCUT2D eigenvalue weighted by atomic mass is 9.87. The number of carbonyl (C=O) groups is 5. The number of esters is 4. The van der Waals surface area contributed by atoms with Gasteiger partial charge in [0.15, 0.2) is 18.8 Å². The second-order valence-electron chi connectivity index (χ2n) is 9.77. The molecule has 1 aliphatic heterocycles. The number of rotatable bonds is 9. The third-order valence-electron chi connectivity index (χ3n) is 5.40. The highest BCUT2D eigenvalue weighted by molar-refractivity contribution is 5.74. The van der Waals surface area contributed by atoms with Crippen molar-refractivity contribution in [3.05, 3.63) is 29.8 Å². The van der Waals surface area contributed by atoms with E-state index < -0.39 is 73.6 Å². The van der Waals surface area contributed by atoms with Gasteiger partial charge in [0.1, 0.15) is 24.5 Å². The van der Waals surface area contributed by atoms with Crippen LogP contribution < -0.4 is 10.1 Å².